The quantitative estimate of drug-likeness (QED) is 0.773. The molecule has 90 valence electrons. The monoisotopic (exact) mass is 362 g/mol. The second kappa shape index (κ2) is 4.16. The van der Waals surface area contributed by atoms with Crippen LogP contribution in [-0.4, -0.2) is 31.3 Å². The van der Waals surface area contributed by atoms with Crippen molar-refractivity contribution in [1.82, 2.24) is 19.7 Å². The molecule has 0 aromatic carbocycles. The molecule has 1 aliphatic heterocycles. The predicted octanol–water partition coefficient (Wildman–Crippen LogP) is 0.958. The highest BCUT2D eigenvalue weighted by molar-refractivity contribution is 14.1. The summed E-state index contributed by atoms with van der Waals surface area (Å²) in [6.07, 6.45) is 0. The average molecular weight is 362 g/mol. The number of nitrogens with zero attached hydrogens (tertiary/aromatic N) is 4. The van der Waals surface area contributed by atoms with Crippen molar-refractivity contribution in [3.8, 4) is 0 Å². The molecule has 2 aromatic rings. The van der Waals surface area contributed by atoms with Crippen LogP contribution < -0.4 is 11.5 Å². The Hall–Kier alpha value is -0.770. The van der Waals surface area contributed by atoms with E-state index in [1.165, 1.54) is 11.5 Å². The summed E-state index contributed by atoms with van der Waals surface area (Å²) in [5, 5.41) is 5.28. The summed E-state index contributed by atoms with van der Waals surface area (Å²) < 4.78 is 2.73. The van der Waals surface area contributed by atoms with Crippen molar-refractivity contribution in [2.45, 2.75) is 6.54 Å². The van der Waals surface area contributed by atoms with Crippen LogP contribution in [0.1, 0.15) is 0 Å². The van der Waals surface area contributed by atoms with Crippen LogP contribution in [0.25, 0.3) is 11.0 Å². The molecule has 1 aliphatic rings. The molecule has 0 amide bonds. The van der Waals surface area contributed by atoms with Crippen molar-refractivity contribution in [3.05, 3.63) is 3.70 Å². The van der Waals surface area contributed by atoms with E-state index in [1.807, 2.05) is 16.4 Å². The number of halogens is 1. The predicted molar refractivity (Wildman–Crippen MR) is 77.7 cm³/mol. The van der Waals surface area contributed by atoms with E-state index in [4.69, 9.17) is 11.5 Å². The zero-order valence-corrected chi connectivity index (χ0v) is 11.9. The Morgan fingerprint density at radius 1 is 1.35 bits per heavy atom. The summed E-state index contributed by atoms with van der Waals surface area (Å²) in [7, 11) is 0. The Morgan fingerprint density at radius 3 is 2.76 bits per heavy atom. The number of rotatable bonds is 2. The van der Waals surface area contributed by atoms with E-state index < -0.39 is 0 Å². The minimum atomic E-state index is 0.204. The molecule has 0 spiro atoms. The average Bonchev–Trinajstić information content (AvgIpc) is 2.49. The number of anilines is 2. The molecule has 1 saturated heterocycles. The summed E-state index contributed by atoms with van der Waals surface area (Å²) in [4.78, 5) is 8.22. The standard InChI is InChI=1S/C9H11IN6S/c10-6-5-7(11)13-9(12)14-8(5)16(15-6)1-4-2-17-3-4/h4H,1-3H2,(H4,11,12,13,14). The van der Waals surface area contributed by atoms with Gasteiger partial charge in [-0.2, -0.15) is 26.8 Å². The van der Waals surface area contributed by atoms with Gasteiger partial charge in [0.05, 0.1) is 5.39 Å². The van der Waals surface area contributed by atoms with E-state index >= 15 is 0 Å². The van der Waals surface area contributed by atoms with Crippen LogP contribution in [0.2, 0.25) is 0 Å². The van der Waals surface area contributed by atoms with Gasteiger partial charge >= 0.3 is 0 Å². The van der Waals surface area contributed by atoms with E-state index in [0.717, 1.165) is 21.3 Å². The van der Waals surface area contributed by atoms with Crippen molar-refractivity contribution >= 4 is 57.2 Å². The Bertz CT molecular complexity index is 578. The van der Waals surface area contributed by atoms with Gasteiger partial charge in [-0.25, -0.2) is 4.68 Å². The van der Waals surface area contributed by atoms with Gasteiger partial charge in [0.15, 0.2) is 5.65 Å². The third-order valence-electron chi connectivity index (χ3n) is 2.73. The molecule has 2 aromatic heterocycles. The van der Waals surface area contributed by atoms with Gasteiger partial charge in [-0.3, -0.25) is 0 Å². The molecule has 0 unspecified atom stereocenters. The van der Waals surface area contributed by atoms with Crippen molar-refractivity contribution in [2.24, 2.45) is 5.92 Å². The van der Waals surface area contributed by atoms with Crippen LogP contribution in [-0.2, 0) is 6.54 Å². The maximum absolute atomic E-state index is 5.86. The second-order valence-corrected chi connectivity index (χ2v) is 6.14. The Labute approximate surface area is 116 Å². The second-order valence-electron chi connectivity index (χ2n) is 4.04. The molecule has 1 fully saturated rings. The topological polar surface area (TPSA) is 95.6 Å². The molecule has 0 atom stereocenters. The van der Waals surface area contributed by atoms with Crippen LogP contribution in [0.5, 0.6) is 0 Å². The summed E-state index contributed by atoms with van der Waals surface area (Å²) in [5.74, 6) is 3.67. The first kappa shape index (κ1) is 11.3. The first-order chi connectivity index (χ1) is 8.15. The number of nitrogens with two attached hydrogens (primary N) is 2. The summed E-state index contributed by atoms with van der Waals surface area (Å²) >= 11 is 4.11. The van der Waals surface area contributed by atoms with Gasteiger partial charge in [0, 0.05) is 6.54 Å². The van der Waals surface area contributed by atoms with Crippen molar-refractivity contribution in [3.63, 3.8) is 0 Å². The largest absolute Gasteiger partial charge is 0.383 e. The molecule has 3 rings (SSSR count). The lowest BCUT2D eigenvalue weighted by molar-refractivity contribution is 0.486. The van der Waals surface area contributed by atoms with Crippen LogP contribution in [0.15, 0.2) is 0 Å². The van der Waals surface area contributed by atoms with Crippen LogP contribution in [0.3, 0.4) is 0 Å². The first-order valence-electron chi connectivity index (χ1n) is 5.18. The highest BCUT2D eigenvalue weighted by atomic mass is 127. The van der Waals surface area contributed by atoms with Crippen LogP contribution in [0, 0.1) is 9.62 Å². The zero-order chi connectivity index (χ0) is 12.0. The highest BCUT2D eigenvalue weighted by Crippen LogP contribution is 2.29. The minimum Gasteiger partial charge on any atom is -0.383 e. The molecule has 8 heteroatoms. The van der Waals surface area contributed by atoms with Gasteiger partial charge in [-0.05, 0) is 40.0 Å². The van der Waals surface area contributed by atoms with Crippen LogP contribution >= 0.6 is 34.4 Å². The molecule has 0 saturated carbocycles. The molecule has 0 radical (unpaired) electrons. The molecular weight excluding hydrogens is 351 g/mol. The Morgan fingerprint density at radius 2 is 2.12 bits per heavy atom. The van der Waals surface area contributed by atoms with Gasteiger partial charge in [-0.1, -0.05) is 0 Å². The molecule has 0 bridgehead atoms. The van der Waals surface area contributed by atoms with Crippen LogP contribution in [0.4, 0.5) is 11.8 Å². The Balaban J connectivity index is 2.11. The fourth-order valence-corrected chi connectivity index (χ4v) is 3.39. The maximum atomic E-state index is 5.86. The summed E-state index contributed by atoms with van der Waals surface area (Å²) in [6.45, 7) is 0.877. The molecule has 17 heavy (non-hydrogen) atoms. The van der Waals surface area contributed by atoms with E-state index in [0.29, 0.717) is 11.7 Å². The number of nitrogen functional groups attached to an aromatic ring is 2. The smallest absolute Gasteiger partial charge is 0.224 e. The molecule has 0 aliphatic carbocycles. The summed E-state index contributed by atoms with van der Waals surface area (Å²) in [6, 6.07) is 0. The number of thioether (sulfide) groups is 1. The SMILES string of the molecule is Nc1nc(N)c2c(I)nn(CC3CSC3)c2n1. The van der Waals surface area contributed by atoms with Gasteiger partial charge in [-0.15, -0.1) is 0 Å². The van der Waals surface area contributed by atoms with Gasteiger partial charge < -0.3 is 11.5 Å². The van der Waals surface area contributed by atoms with E-state index in [-0.39, 0.29) is 5.95 Å². The van der Waals surface area contributed by atoms with Gasteiger partial charge in [0.25, 0.3) is 0 Å². The van der Waals surface area contributed by atoms with Crippen molar-refractivity contribution in [2.75, 3.05) is 23.0 Å². The highest BCUT2D eigenvalue weighted by Gasteiger charge is 2.22. The fourth-order valence-electron chi connectivity index (χ4n) is 1.83. The van der Waals surface area contributed by atoms with Crippen molar-refractivity contribution in [1.29, 1.82) is 0 Å². The van der Waals surface area contributed by atoms with E-state index in [9.17, 15) is 0 Å². The number of fused-ring (bicyclic) bond motifs is 1. The molecule has 4 N–H and O–H groups in total. The lowest BCUT2D eigenvalue weighted by atomic mass is 10.2. The number of hydrogen-bond acceptors (Lipinski definition) is 6. The summed E-state index contributed by atoms with van der Waals surface area (Å²) in [5.41, 5.74) is 12.2. The molecular formula is C9H11IN6S. The fraction of sp³-hybridized carbons (Fsp3) is 0.444. The number of hydrogen-bond donors (Lipinski definition) is 2. The lowest BCUT2D eigenvalue weighted by Crippen LogP contribution is -2.24. The minimum absolute atomic E-state index is 0.204. The third kappa shape index (κ3) is 1.92. The maximum Gasteiger partial charge on any atom is 0.224 e. The van der Waals surface area contributed by atoms with Gasteiger partial charge in [0.1, 0.15) is 9.52 Å². The Kier molecular flexibility index (Phi) is 2.77. The normalized spacial score (nSPS) is 16.3. The zero-order valence-electron chi connectivity index (χ0n) is 8.93. The van der Waals surface area contributed by atoms with Gasteiger partial charge in [0.2, 0.25) is 5.95 Å². The van der Waals surface area contributed by atoms with E-state index in [1.54, 1.807) is 0 Å². The third-order valence-corrected chi connectivity index (χ3v) is 4.90. The van der Waals surface area contributed by atoms with E-state index in [2.05, 4.69) is 37.7 Å². The molecule has 6 nitrogen and oxygen atoms in total. The van der Waals surface area contributed by atoms with Crippen molar-refractivity contribution < 1.29 is 0 Å². The number of aromatic nitrogens is 4. The molecule has 3 heterocycles. The lowest BCUT2D eigenvalue weighted by Gasteiger charge is -2.24. The first-order valence-corrected chi connectivity index (χ1v) is 7.41.